The van der Waals surface area contributed by atoms with Crippen molar-refractivity contribution in [3.63, 3.8) is 0 Å². The Morgan fingerprint density at radius 1 is 1.42 bits per heavy atom. The Morgan fingerprint density at radius 3 is 2.42 bits per heavy atom. The molecule has 1 atom stereocenters. The molecule has 12 heavy (non-hydrogen) atoms. The van der Waals surface area contributed by atoms with Gasteiger partial charge in [0.1, 0.15) is 5.21 Å². The number of hydrogen-bond acceptors (Lipinski definition) is 2. The van der Waals surface area contributed by atoms with E-state index in [1.807, 2.05) is 18.2 Å². The van der Waals surface area contributed by atoms with Gasteiger partial charge in [0.15, 0.2) is 0 Å². The molecule has 0 heterocycles. The summed E-state index contributed by atoms with van der Waals surface area (Å²) >= 11 is 5.57. The summed E-state index contributed by atoms with van der Waals surface area (Å²) in [6.07, 6.45) is 0. The van der Waals surface area contributed by atoms with Crippen LogP contribution in [0.1, 0.15) is 0 Å². The molecule has 0 aromatic heterocycles. The monoisotopic (exact) mass is 203 g/mol. The molecule has 0 unspecified atom stereocenters. The van der Waals surface area contributed by atoms with Crippen LogP contribution in [0.25, 0.3) is 0 Å². The van der Waals surface area contributed by atoms with E-state index in [-0.39, 0.29) is 5.21 Å². The van der Waals surface area contributed by atoms with Crippen LogP contribution in [0.5, 0.6) is 0 Å². The van der Waals surface area contributed by atoms with Gasteiger partial charge in [0.25, 0.3) is 0 Å². The zero-order valence-corrected chi connectivity index (χ0v) is 8.31. The van der Waals surface area contributed by atoms with Gasteiger partial charge in [-0.3, -0.25) is 0 Å². The van der Waals surface area contributed by atoms with Crippen LogP contribution in [-0.2, 0) is 9.73 Å². The van der Waals surface area contributed by atoms with Crippen LogP contribution < -0.4 is 0 Å². The fourth-order valence-electron chi connectivity index (χ4n) is 0.850. The number of halogens is 1. The van der Waals surface area contributed by atoms with Gasteiger partial charge < -0.3 is 0 Å². The summed E-state index contributed by atoms with van der Waals surface area (Å²) in [7, 11) is -0.828. The Kier molecular flexibility index (Phi) is 3.12. The number of nitrogens with zero attached hydrogens (tertiary/aromatic N) is 1. The first-order valence-electron chi connectivity index (χ1n) is 3.47. The second-order valence-corrected chi connectivity index (χ2v) is 5.24. The molecule has 0 saturated heterocycles. The lowest BCUT2D eigenvalue weighted by Crippen LogP contribution is -2.01. The van der Waals surface area contributed by atoms with Crippen molar-refractivity contribution >= 4 is 21.3 Å². The van der Waals surface area contributed by atoms with Crippen molar-refractivity contribution in [2.24, 2.45) is 4.36 Å². The van der Waals surface area contributed by atoms with Gasteiger partial charge in [-0.25, -0.2) is 8.57 Å². The minimum atomic E-state index is -2.35. The smallest absolute Gasteiger partial charge is 0.111 e. The number of alkyl halides is 1. The summed E-state index contributed by atoms with van der Waals surface area (Å²) in [5.41, 5.74) is 0. The molecule has 0 aliphatic heterocycles. The van der Waals surface area contributed by atoms with Crippen molar-refractivity contribution in [2.75, 3.05) is 12.3 Å². The highest BCUT2D eigenvalue weighted by Gasteiger charge is 2.07. The van der Waals surface area contributed by atoms with Crippen LogP contribution in [0.4, 0.5) is 0 Å². The third-order valence-electron chi connectivity index (χ3n) is 1.55. The lowest BCUT2D eigenvalue weighted by Gasteiger charge is -2.03. The molecule has 4 heteroatoms. The van der Waals surface area contributed by atoms with E-state index in [9.17, 15) is 4.21 Å². The van der Waals surface area contributed by atoms with Gasteiger partial charge in [-0.1, -0.05) is 18.2 Å². The molecule has 1 aromatic rings. The lowest BCUT2D eigenvalue weighted by atomic mass is 10.4. The third kappa shape index (κ3) is 1.79. The highest BCUT2D eigenvalue weighted by atomic mass is 35.5. The normalized spacial score (nSPS) is 15.2. The average Bonchev–Trinajstić information content (AvgIpc) is 2.18. The maximum absolute atomic E-state index is 11.8. The van der Waals surface area contributed by atoms with Crippen LogP contribution in [0.3, 0.4) is 0 Å². The van der Waals surface area contributed by atoms with Crippen molar-refractivity contribution in [2.45, 2.75) is 4.90 Å². The maximum Gasteiger partial charge on any atom is 0.111 e. The molecule has 0 bridgehead atoms. The van der Waals surface area contributed by atoms with Crippen molar-refractivity contribution in [3.8, 4) is 0 Å². The van der Waals surface area contributed by atoms with E-state index >= 15 is 0 Å². The highest BCUT2D eigenvalue weighted by Crippen LogP contribution is 2.13. The molecular weight excluding hydrogens is 194 g/mol. The molecule has 0 amide bonds. The van der Waals surface area contributed by atoms with Gasteiger partial charge in [0.05, 0.1) is 9.73 Å². The topological polar surface area (TPSA) is 29.4 Å². The fourth-order valence-corrected chi connectivity index (χ4v) is 2.54. The van der Waals surface area contributed by atoms with Gasteiger partial charge in [0, 0.05) is 11.9 Å². The molecule has 0 spiro atoms. The Bertz CT molecular complexity index is 355. The zero-order valence-electron chi connectivity index (χ0n) is 6.74. The standard InChI is InChI=1S/C8H10ClNOS/c1-10-12(11,7-9)8-5-3-2-4-6-8/h2-6H,7H2,1H3/t12-/m0/s1. The molecule has 2 nitrogen and oxygen atoms in total. The number of hydrogen-bond donors (Lipinski definition) is 0. The van der Waals surface area contributed by atoms with Crippen LogP contribution >= 0.6 is 11.6 Å². The molecule has 66 valence electrons. The van der Waals surface area contributed by atoms with Gasteiger partial charge >= 0.3 is 0 Å². The number of rotatable bonds is 2. The van der Waals surface area contributed by atoms with E-state index < -0.39 is 9.73 Å². The predicted octanol–water partition coefficient (Wildman–Crippen LogP) is 2.34. The maximum atomic E-state index is 11.8. The second-order valence-electron chi connectivity index (χ2n) is 2.25. The van der Waals surface area contributed by atoms with Crippen LogP contribution in [0.2, 0.25) is 0 Å². The van der Waals surface area contributed by atoms with Crippen molar-refractivity contribution < 1.29 is 4.21 Å². The molecule has 0 radical (unpaired) electrons. The lowest BCUT2D eigenvalue weighted by molar-refractivity contribution is 0.679. The summed E-state index contributed by atoms with van der Waals surface area (Å²) in [4.78, 5) is 0.697. The average molecular weight is 204 g/mol. The Hall–Kier alpha value is -0.540. The summed E-state index contributed by atoms with van der Waals surface area (Å²) in [5, 5.41) is 0.0491. The van der Waals surface area contributed by atoms with E-state index in [1.54, 1.807) is 12.1 Å². The SMILES string of the molecule is CN=[S@](=O)(CCl)c1ccccc1. The first-order chi connectivity index (χ1) is 5.73. The quantitative estimate of drug-likeness (QED) is 0.679. The van der Waals surface area contributed by atoms with E-state index in [2.05, 4.69) is 4.36 Å². The van der Waals surface area contributed by atoms with Gasteiger partial charge in [-0.2, -0.15) is 0 Å². The molecule has 0 aliphatic rings. The largest absolute Gasteiger partial charge is 0.244 e. The Morgan fingerprint density at radius 2 is 2.00 bits per heavy atom. The minimum absolute atomic E-state index is 0.0491. The van der Waals surface area contributed by atoms with Gasteiger partial charge in [0.2, 0.25) is 0 Å². The third-order valence-corrected chi connectivity index (χ3v) is 4.34. The predicted molar refractivity (Wildman–Crippen MR) is 51.9 cm³/mol. The van der Waals surface area contributed by atoms with E-state index in [0.717, 1.165) is 0 Å². The van der Waals surface area contributed by atoms with E-state index in [1.165, 1.54) is 7.05 Å². The van der Waals surface area contributed by atoms with Crippen molar-refractivity contribution in [3.05, 3.63) is 30.3 Å². The summed E-state index contributed by atoms with van der Waals surface area (Å²) in [6, 6.07) is 9.07. The number of benzene rings is 1. The van der Waals surface area contributed by atoms with Crippen LogP contribution in [0, 0.1) is 0 Å². The molecule has 0 aliphatic carbocycles. The molecule has 0 saturated carbocycles. The summed E-state index contributed by atoms with van der Waals surface area (Å²) in [6.45, 7) is 0. The van der Waals surface area contributed by atoms with Gasteiger partial charge in [-0.15, -0.1) is 11.6 Å². The molecule has 0 fully saturated rings. The Labute approximate surface area is 77.7 Å². The molecular formula is C8H10ClNOS. The Balaban J connectivity index is 3.24. The molecule has 1 rings (SSSR count). The second kappa shape index (κ2) is 3.92. The van der Waals surface area contributed by atoms with E-state index in [0.29, 0.717) is 4.90 Å². The first-order valence-corrected chi connectivity index (χ1v) is 5.69. The molecule has 0 N–H and O–H groups in total. The fraction of sp³-hybridized carbons (Fsp3) is 0.250. The first kappa shape index (κ1) is 9.55. The van der Waals surface area contributed by atoms with Crippen molar-refractivity contribution in [1.29, 1.82) is 0 Å². The molecule has 1 aromatic carbocycles. The van der Waals surface area contributed by atoms with Crippen molar-refractivity contribution in [1.82, 2.24) is 0 Å². The van der Waals surface area contributed by atoms with E-state index in [4.69, 9.17) is 11.6 Å². The summed E-state index contributed by atoms with van der Waals surface area (Å²) in [5.74, 6) is 0. The summed E-state index contributed by atoms with van der Waals surface area (Å²) < 4.78 is 15.6. The zero-order chi connectivity index (χ0) is 9.03. The van der Waals surface area contributed by atoms with Crippen LogP contribution in [-0.4, -0.2) is 16.5 Å². The van der Waals surface area contributed by atoms with Crippen LogP contribution in [0.15, 0.2) is 39.6 Å². The van der Waals surface area contributed by atoms with Gasteiger partial charge in [-0.05, 0) is 12.1 Å². The highest BCUT2D eigenvalue weighted by molar-refractivity contribution is 7.94. The minimum Gasteiger partial charge on any atom is -0.244 e.